The summed E-state index contributed by atoms with van der Waals surface area (Å²) in [5, 5.41) is 3.61. The lowest BCUT2D eigenvalue weighted by Gasteiger charge is -2.39. The van der Waals surface area contributed by atoms with Crippen LogP contribution >= 0.6 is 0 Å². The molecule has 0 aliphatic heterocycles. The normalized spacial score (nSPS) is 33.6. The molecule has 10 heavy (non-hydrogen) atoms. The molecule has 1 rings (SSSR count). The predicted octanol–water partition coefficient (Wildman–Crippen LogP) is 2.17. The molecule has 0 amide bonds. The van der Waals surface area contributed by atoms with E-state index in [9.17, 15) is 0 Å². The molecule has 1 unspecified atom stereocenters. The van der Waals surface area contributed by atoms with Crippen LogP contribution in [0.1, 0.15) is 40.5 Å². The molecule has 1 N–H and O–H groups in total. The van der Waals surface area contributed by atoms with Gasteiger partial charge in [0.05, 0.1) is 0 Å². The Balaban J connectivity index is 2.26. The van der Waals surface area contributed by atoms with Crippen molar-refractivity contribution in [2.45, 2.75) is 52.1 Å². The van der Waals surface area contributed by atoms with Crippen LogP contribution in [-0.4, -0.2) is 11.6 Å². The van der Waals surface area contributed by atoms with Crippen LogP contribution in [0.25, 0.3) is 0 Å². The van der Waals surface area contributed by atoms with Gasteiger partial charge in [0.25, 0.3) is 0 Å². The molecule has 0 spiro atoms. The lowest BCUT2D eigenvalue weighted by atomic mass is 9.80. The van der Waals surface area contributed by atoms with E-state index in [-0.39, 0.29) is 0 Å². The summed E-state index contributed by atoms with van der Waals surface area (Å²) in [6, 6.07) is 0.792. The molecule has 2 atom stereocenters. The average molecular weight is 141 g/mol. The van der Waals surface area contributed by atoms with Crippen LogP contribution in [0.3, 0.4) is 0 Å². The quantitative estimate of drug-likeness (QED) is 0.590. The molecule has 1 aliphatic rings. The number of rotatable bonds is 1. The molecule has 0 heterocycles. The number of hydrogen-bond donors (Lipinski definition) is 1. The smallest absolute Gasteiger partial charge is 0.00992 e. The highest BCUT2D eigenvalue weighted by Crippen LogP contribution is 2.27. The maximum Gasteiger partial charge on any atom is 0.00992 e. The van der Waals surface area contributed by atoms with Crippen molar-refractivity contribution < 1.29 is 0 Å². The predicted molar refractivity (Wildman–Crippen MR) is 45.1 cm³/mol. The molecule has 1 fully saturated rings. The molecule has 0 aromatic carbocycles. The second-order valence-electron chi connectivity index (χ2n) is 4.56. The molecule has 1 saturated carbocycles. The topological polar surface area (TPSA) is 12.0 Å². The summed E-state index contributed by atoms with van der Waals surface area (Å²) >= 11 is 0. The minimum atomic E-state index is 0.305. The molecule has 60 valence electrons. The van der Waals surface area contributed by atoms with Gasteiger partial charge in [0.2, 0.25) is 0 Å². The highest BCUT2D eigenvalue weighted by atomic mass is 15.0. The molecular formula is C9H19N. The van der Waals surface area contributed by atoms with Crippen molar-refractivity contribution >= 4 is 0 Å². The van der Waals surface area contributed by atoms with Crippen molar-refractivity contribution in [2.24, 2.45) is 5.92 Å². The highest BCUT2D eigenvalue weighted by molar-refractivity contribution is 4.88. The zero-order valence-corrected chi connectivity index (χ0v) is 7.57. The molecule has 0 aromatic rings. The first-order valence-corrected chi connectivity index (χ1v) is 4.27. The minimum absolute atomic E-state index is 0.305. The first-order chi connectivity index (χ1) is 4.49. The fraction of sp³-hybridized carbons (Fsp3) is 1.00. The van der Waals surface area contributed by atoms with E-state index in [1.807, 2.05) is 0 Å². The summed E-state index contributed by atoms with van der Waals surface area (Å²) in [5.74, 6) is 0.902. The van der Waals surface area contributed by atoms with Crippen LogP contribution in [0, 0.1) is 5.92 Å². The number of nitrogens with one attached hydrogen (secondary N) is 1. The molecule has 0 radical (unpaired) electrons. The van der Waals surface area contributed by atoms with E-state index >= 15 is 0 Å². The lowest BCUT2D eigenvalue weighted by molar-refractivity contribution is 0.187. The van der Waals surface area contributed by atoms with Gasteiger partial charge in [-0.3, -0.25) is 0 Å². The van der Waals surface area contributed by atoms with Gasteiger partial charge in [0.15, 0.2) is 0 Å². The Labute approximate surface area is 64.2 Å². The highest BCUT2D eigenvalue weighted by Gasteiger charge is 2.29. The fourth-order valence-electron chi connectivity index (χ4n) is 1.44. The maximum absolute atomic E-state index is 3.61. The summed E-state index contributed by atoms with van der Waals surface area (Å²) in [7, 11) is 0. The van der Waals surface area contributed by atoms with E-state index in [1.165, 1.54) is 12.8 Å². The Morgan fingerprint density at radius 1 is 1.20 bits per heavy atom. The fourth-order valence-corrected chi connectivity index (χ4v) is 1.44. The van der Waals surface area contributed by atoms with Crippen molar-refractivity contribution in [1.29, 1.82) is 0 Å². The molecular weight excluding hydrogens is 122 g/mol. The van der Waals surface area contributed by atoms with E-state index in [2.05, 4.69) is 33.0 Å². The first-order valence-electron chi connectivity index (χ1n) is 4.27. The Bertz CT molecular complexity index is 112. The second-order valence-corrected chi connectivity index (χ2v) is 4.56. The van der Waals surface area contributed by atoms with E-state index in [0.29, 0.717) is 5.54 Å². The van der Waals surface area contributed by atoms with E-state index in [1.54, 1.807) is 0 Å². The van der Waals surface area contributed by atoms with Crippen LogP contribution in [0.2, 0.25) is 0 Å². The Kier molecular flexibility index (Phi) is 2.04. The second kappa shape index (κ2) is 2.54. The third-order valence-electron chi connectivity index (χ3n) is 2.24. The third-order valence-corrected chi connectivity index (χ3v) is 2.24. The van der Waals surface area contributed by atoms with Gasteiger partial charge in [-0.05, 0) is 39.5 Å². The van der Waals surface area contributed by atoms with Crippen molar-refractivity contribution in [1.82, 2.24) is 5.32 Å². The molecule has 0 saturated heterocycles. The molecule has 1 heteroatoms. The first kappa shape index (κ1) is 8.06. The summed E-state index contributed by atoms with van der Waals surface area (Å²) in [4.78, 5) is 0. The van der Waals surface area contributed by atoms with Gasteiger partial charge in [-0.15, -0.1) is 0 Å². The van der Waals surface area contributed by atoms with E-state index < -0.39 is 0 Å². The molecule has 1 nitrogen and oxygen atoms in total. The van der Waals surface area contributed by atoms with Crippen molar-refractivity contribution in [3.8, 4) is 0 Å². The van der Waals surface area contributed by atoms with Crippen LogP contribution in [0.5, 0.6) is 0 Å². The summed E-state index contributed by atoms with van der Waals surface area (Å²) in [6.07, 6.45) is 2.78. The summed E-state index contributed by atoms with van der Waals surface area (Å²) < 4.78 is 0. The van der Waals surface area contributed by atoms with Gasteiger partial charge in [-0.25, -0.2) is 0 Å². The van der Waals surface area contributed by atoms with Gasteiger partial charge in [-0.2, -0.15) is 0 Å². The number of hydrogen-bond acceptors (Lipinski definition) is 1. The Morgan fingerprint density at radius 2 is 1.80 bits per heavy atom. The van der Waals surface area contributed by atoms with Crippen molar-refractivity contribution in [3.63, 3.8) is 0 Å². The molecule has 1 aliphatic carbocycles. The SMILES string of the molecule is C[C@H]1CCC1NC(C)(C)C. The van der Waals surface area contributed by atoms with Gasteiger partial charge in [-0.1, -0.05) is 6.92 Å². The van der Waals surface area contributed by atoms with Gasteiger partial charge >= 0.3 is 0 Å². The van der Waals surface area contributed by atoms with Crippen LogP contribution in [-0.2, 0) is 0 Å². The van der Waals surface area contributed by atoms with Crippen molar-refractivity contribution in [3.05, 3.63) is 0 Å². The van der Waals surface area contributed by atoms with Crippen LogP contribution < -0.4 is 5.32 Å². The van der Waals surface area contributed by atoms with Crippen molar-refractivity contribution in [2.75, 3.05) is 0 Å². The summed E-state index contributed by atoms with van der Waals surface area (Å²) in [5.41, 5.74) is 0.305. The Hall–Kier alpha value is -0.0400. The summed E-state index contributed by atoms with van der Waals surface area (Å²) in [6.45, 7) is 9.03. The lowest BCUT2D eigenvalue weighted by Crippen LogP contribution is -2.51. The monoisotopic (exact) mass is 141 g/mol. The van der Waals surface area contributed by atoms with Gasteiger partial charge in [0, 0.05) is 11.6 Å². The maximum atomic E-state index is 3.61. The van der Waals surface area contributed by atoms with Crippen LogP contribution in [0.4, 0.5) is 0 Å². The molecule has 0 bridgehead atoms. The van der Waals surface area contributed by atoms with E-state index in [0.717, 1.165) is 12.0 Å². The molecule has 0 aromatic heterocycles. The van der Waals surface area contributed by atoms with E-state index in [4.69, 9.17) is 0 Å². The largest absolute Gasteiger partial charge is 0.309 e. The standard InChI is InChI=1S/C9H19N/c1-7-5-6-8(7)10-9(2,3)4/h7-8,10H,5-6H2,1-4H3/t7-,8?/m0/s1. The zero-order valence-electron chi connectivity index (χ0n) is 7.57. The van der Waals surface area contributed by atoms with Gasteiger partial charge < -0.3 is 5.32 Å². The third kappa shape index (κ3) is 1.98. The van der Waals surface area contributed by atoms with Crippen LogP contribution in [0.15, 0.2) is 0 Å². The van der Waals surface area contributed by atoms with Gasteiger partial charge in [0.1, 0.15) is 0 Å². The average Bonchev–Trinajstić information content (AvgIpc) is 1.78. The zero-order chi connectivity index (χ0) is 7.78. The Morgan fingerprint density at radius 3 is 1.90 bits per heavy atom. The minimum Gasteiger partial charge on any atom is -0.309 e.